The Morgan fingerprint density at radius 1 is 1.11 bits per heavy atom. The van der Waals surface area contributed by atoms with E-state index in [-0.39, 0.29) is 5.91 Å². The highest BCUT2D eigenvalue weighted by Gasteiger charge is 2.17. The Balaban J connectivity index is 1.65. The normalized spacial score (nSPS) is 10.8. The van der Waals surface area contributed by atoms with Gasteiger partial charge in [0.2, 0.25) is 0 Å². The fourth-order valence-electron chi connectivity index (χ4n) is 2.92. The van der Waals surface area contributed by atoms with Crippen LogP contribution in [0.3, 0.4) is 0 Å². The Hall–Kier alpha value is -2.16. The van der Waals surface area contributed by atoms with Crippen LogP contribution in [-0.2, 0) is 0 Å². The number of anilines is 3. The van der Waals surface area contributed by atoms with E-state index in [1.165, 1.54) is 0 Å². The van der Waals surface area contributed by atoms with Crippen molar-refractivity contribution in [2.45, 2.75) is 6.92 Å². The number of carbonyl (C=O) groups excluding carboxylic acids is 1. The number of halogens is 2. The van der Waals surface area contributed by atoms with Crippen LogP contribution in [0, 0.1) is 10.5 Å². The van der Waals surface area contributed by atoms with Crippen molar-refractivity contribution < 1.29 is 4.79 Å². The van der Waals surface area contributed by atoms with E-state index in [4.69, 9.17) is 11.6 Å². The van der Waals surface area contributed by atoms with Crippen molar-refractivity contribution in [2.75, 3.05) is 10.6 Å². The first kappa shape index (κ1) is 19.2. The maximum atomic E-state index is 12.9. The van der Waals surface area contributed by atoms with Gasteiger partial charge in [-0.15, -0.1) is 0 Å². The molecule has 0 saturated heterocycles. The van der Waals surface area contributed by atoms with Crippen LogP contribution in [-0.4, -0.2) is 10.9 Å². The first-order valence-corrected chi connectivity index (χ1v) is 10.8. The molecule has 4 rings (SSSR count). The zero-order valence-electron chi connectivity index (χ0n) is 14.8. The molecule has 0 aliphatic rings. The van der Waals surface area contributed by atoms with Gasteiger partial charge in [-0.05, 0) is 71.5 Å². The Morgan fingerprint density at radius 2 is 1.89 bits per heavy atom. The lowest BCUT2D eigenvalue weighted by molar-refractivity contribution is 0.102. The summed E-state index contributed by atoms with van der Waals surface area (Å²) in [6.07, 6.45) is 0. The number of hydrogen-bond donors (Lipinski definition) is 2. The zero-order valence-corrected chi connectivity index (χ0v) is 18.5. The van der Waals surface area contributed by atoms with Crippen LogP contribution in [0.5, 0.6) is 0 Å². The van der Waals surface area contributed by atoms with E-state index in [0.29, 0.717) is 16.3 Å². The fourth-order valence-corrected chi connectivity index (χ4v) is 5.30. The van der Waals surface area contributed by atoms with E-state index in [1.54, 1.807) is 23.5 Å². The van der Waals surface area contributed by atoms with Crippen molar-refractivity contribution in [3.8, 4) is 0 Å². The van der Waals surface area contributed by atoms with Crippen LogP contribution >= 0.6 is 45.5 Å². The Kier molecular flexibility index (Phi) is 5.52. The van der Waals surface area contributed by atoms with E-state index >= 15 is 0 Å². The number of thiazole rings is 1. The summed E-state index contributed by atoms with van der Waals surface area (Å²) in [5.41, 5.74) is 3.88. The van der Waals surface area contributed by atoms with E-state index in [1.807, 2.05) is 55.5 Å². The minimum Gasteiger partial charge on any atom is -0.332 e. The zero-order chi connectivity index (χ0) is 19.7. The number of aryl methyl sites for hydroxylation is 1. The van der Waals surface area contributed by atoms with Crippen LogP contribution in [0.1, 0.15) is 15.9 Å². The average Bonchev–Trinajstić information content (AvgIpc) is 3.05. The molecule has 7 heteroatoms. The molecule has 0 unspecified atom stereocenters. The molecule has 0 radical (unpaired) electrons. The molecule has 0 bridgehead atoms. The molecule has 4 nitrogen and oxygen atoms in total. The molecule has 0 atom stereocenters. The number of fused-ring (bicyclic) bond motifs is 1. The van der Waals surface area contributed by atoms with Crippen molar-refractivity contribution in [3.63, 3.8) is 0 Å². The second-order valence-electron chi connectivity index (χ2n) is 6.20. The summed E-state index contributed by atoms with van der Waals surface area (Å²) in [4.78, 5) is 17.6. The maximum absolute atomic E-state index is 12.9. The predicted molar refractivity (Wildman–Crippen MR) is 126 cm³/mol. The second-order valence-corrected chi connectivity index (χ2v) is 8.83. The molecule has 3 aromatic carbocycles. The number of rotatable bonds is 4. The SMILES string of the molecule is Cc1cc(Cl)cc(I)c1C(=O)Nc1cccc2sc(Nc3ccccc3)nc12. The van der Waals surface area contributed by atoms with Gasteiger partial charge >= 0.3 is 0 Å². The fraction of sp³-hybridized carbons (Fsp3) is 0.0476. The molecule has 0 aliphatic heterocycles. The number of para-hydroxylation sites is 2. The molecule has 140 valence electrons. The van der Waals surface area contributed by atoms with Crippen LogP contribution in [0.2, 0.25) is 5.02 Å². The summed E-state index contributed by atoms with van der Waals surface area (Å²) in [5.74, 6) is -0.170. The minimum absolute atomic E-state index is 0.170. The van der Waals surface area contributed by atoms with Crippen LogP contribution in [0.25, 0.3) is 10.2 Å². The first-order chi connectivity index (χ1) is 13.5. The van der Waals surface area contributed by atoms with Gasteiger partial charge in [-0.3, -0.25) is 4.79 Å². The third-order valence-electron chi connectivity index (χ3n) is 4.17. The van der Waals surface area contributed by atoms with Gasteiger partial charge in [0, 0.05) is 14.3 Å². The Bertz CT molecular complexity index is 1150. The number of nitrogens with one attached hydrogen (secondary N) is 2. The van der Waals surface area contributed by atoms with Gasteiger partial charge in [-0.2, -0.15) is 0 Å². The molecule has 1 amide bonds. The van der Waals surface area contributed by atoms with Crippen LogP contribution in [0.4, 0.5) is 16.5 Å². The summed E-state index contributed by atoms with van der Waals surface area (Å²) in [6.45, 7) is 1.88. The predicted octanol–water partition coefficient (Wildman–Crippen LogP) is 6.86. The summed E-state index contributed by atoms with van der Waals surface area (Å²) in [5, 5.41) is 7.72. The van der Waals surface area contributed by atoms with Gasteiger partial charge < -0.3 is 10.6 Å². The number of carbonyl (C=O) groups is 1. The largest absolute Gasteiger partial charge is 0.332 e. The number of aromatic nitrogens is 1. The van der Waals surface area contributed by atoms with Gasteiger partial charge in [-0.1, -0.05) is 47.2 Å². The van der Waals surface area contributed by atoms with Gasteiger partial charge in [-0.25, -0.2) is 4.98 Å². The van der Waals surface area contributed by atoms with Gasteiger partial charge in [0.15, 0.2) is 5.13 Å². The number of amides is 1. The van der Waals surface area contributed by atoms with Crippen LogP contribution in [0.15, 0.2) is 60.7 Å². The van der Waals surface area contributed by atoms with E-state index in [9.17, 15) is 4.79 Å². The number of benzene rings is 3. The molecule has 1 heterocycles. The molecular weight excluding hydrogens is 505 g/mol. The van der Waals surface area contributed by atoms with Gasteiger partial charge in [0.05, 0.1) is 16.0 Å². The highest BCUT2D eigenvalue weighted by Crippen LogP contribution is 2.33. The average molecular weight is 520 g/mol. The number of nitrogens with zero attached hydrogens (tertiary/aromatic N) is 1. The monoisotopic (exact) mass is 519 g/mol. The summed E-state index contributed by atoms with van der Waals surface area (Å²) < 4.78 is 1.82. The maximum Gasteiger partial charge on any atom is 0.257 e. The van der Waals surface area contributed by atoms with Crippen molar-refractivity contribution >= 4 is 78.2 Å². The lowest BCUT2D eigenvalue weighted by Crippen LogP contribution is -2.15. The third-order valence-corrected chi connectivity index (χ3v) is 6.18. The highest BCUT2D eigenvalue weighted by atomic mass is 127. The standard InChI is InChI=1S/C21H15ClIN3OS/c1-12-10-13(22)11-15(23)18(12)20(27)25-16-8-5-9-17-19(16)26-21(28-17)24-14-6-3-2-4-7-14/h2-11H,1H3,(H,24,26)(H,25,27). The van der Waals surface area contributed by atoms with E-state index in [0.717, 1.165) is 30.2 Å². The molecule has 0 fully saturated rings. The van der Waals surface area contributed by atoms with Crippen molar-refractivity contribution in [2.24, 2.45) is 0 Å². The van der Waals surface area contributed by atoms with Gasteiger partial charge in [0.1, 0.15) is 5.52 Å². The quantitative estimate of drug-likeness (QED) is 0.290. The van der Waals surface area contributed by atoms with Crippen LogP contribution < -0.4 is 10.6 Å². The van der Waals surface area contributed by atoms with Crippen molar-refractivity contribution in [1.29, 1.82) is 0 Å². The van der Waals surface area contributed by atoms with Crippen molar-refractivity contribution in [1.82, 2.24) is 4.98 Å². The molecule has 1 aromatic heterocycles. The molecule has 0 saturated carbocycles. The van der Waals surface area contributed by atoms with E-state index < -0.39 is 0 Å². The highest BCUT2D eigenvalue weighted by molar-refractivity contribution is 14.1. The Morgan fingerprint density at radius 3 is 2.64 bits per heavy atom. The third kappa shape index (κ3) is 3.99. The summed E-state index contributed by atoms with van der Waals surface area (Å²) >= 11 is 9.76. The smallest absolute Gasteiger partial charge is 0.257 e. The molecular formula is C21H15ClIN3OS. The molecule has 28 heavy (non-hydrogen) atoms. The lowest BCUT2D eigenvalue weighted by atomic mass is 10.1. The molecule has 2 N–H and O–H groups in total. The molecule has 4 aromatic rings. The molecule has 0 aliphatic carbocycles. The topological polar surface area (TPSA) is 54.0 Å². The number of hydrogen-bond acceptors (Lipinski definition) is 4. The first-order valence-electron chi connectivity index (χ1n) is 8.50. The van der Waals surface area contributed by atoms with E-state index in [2.05, 4.69) is 38.2 Å². The van der Waals surface area contributed by atoms with Gasteiger partial charge in [0.25, 0.3) is 5.91 Å². The molecule has 0 spiro atoms. The summed E-state index contributed by atoms with van der Waals surface area (Å²) in [7, 11) is 0. The Labute approximate surface area is 185 Å². The second kappa shape index (κ2) is 8.06. The summed E-state index contributed by atoms with van der Waals surface area (Å²) in [6, 6.07) is 19.2. The van der Waals surface area contributed by atoms with Crippen molar-refractivity contribution in [3.05, 3.63) is 80.4 Å². The minimum atomic E-state index is -0.170. The lowest BCUT2D eigenvalue weighted by Gasteiger charge is -2.10.